The zero-order valence-electron chi connectivity index (χ0n) is 27.9. The van der Waals surface area contributed by atoms with Gasteiger partial charge in [0.05, 0.1) is 0 Å². The van der Waals surface area contributed by atoms with E-state index < -0.39 is 12.6 Å². The van der Waals surface area contributed by atoms with E-state index in [0.29, 0.717) is 12.8 Å². The van der Waals surface area contributed by atoms with Crippen molar-refractivity contribution in [2.24, 2.45) is 0 Å². The summed E-state index contributed by atoms with van der Waals surface area (Å²) >= 11 is 0. The summed E-state index contributed by atoms with van der Waals surface area (Å²) in [6, 6.07) is 26.3. The minimum absolute atomic E-state index is 0.552. The largest absolute Gasteiger partial charge is 0.464 e. The SMILES string of the molecule is CCCCCCCCCCCCCCCCCC(O)OC(CC)Oc1c2ccccc2cc2ccc(Oc3ccccc3)cc12. The van der Waals surface area contributed by atoms with E-state index in [0.717, 1.165) is 51.6 Å². The van der Waals surface area contributed by atoms with Crippen molar-refractivity contribution in [2.45, 2.75) is 136 Å². The monoisotopic (exact) mass is 612 g/mol. The zero-order valence-corrected chi connectivity index (χ0v) is 27.9. The first kappa shape index (κ1) is 34.8. The molecule has 0 spiro atoms. The number of benzene rings is 4. The Morgan fingerprint density at radius 2 is 1.13 bits per heavy atom. The van der Waals surface area contributed by atoms with Crippen LogP contribution in [0.1, 0.15) is 123 Å². The van der Waals surface area contributed by atoms with Gasteiger partial charge >= 0.3 is 0 Å². The van der Waals surface area contributed by atoms with Crippen molar-refractivity contribution < 1.29 is 19.3 Å². The first-order chi connectivity index (χ1) is 22.2. The third kappa shape index (κ3) is 12.0. The summed E-state index contributed by atoms with van der Waals surface area (Å²) in [5.74, 6) is 2.29. The molecular formula is C41H56O4. The van der Waals surface area contributed by atoms with Crippen LogP contribution in [0.4, 0.5) is 0 Å². The van der Waals surface area contributed by atoms with Crippen LogP contribution in [-0.2, 0) is 4.74 Å². The van der Waals surface area contributed by atoms with Gasteiger partial charge < -0.3 is 19.3 Å². The molecule has 0 aliphatic carbocycles. The Morgan fingerprint density at radius 3 is 1.78 bits per heavy atom. The van der Waals surface area contributed by atoms with Crippen LogP contribution >= 0.6 is 0 Å². The fourth-order valence-electron chi connectivity index (χ4n) is 6.09. The summed E-state index contributed by atoms with van der Waals surface area (Å²) in [5, 5.41) is 14.9. The number of aliphatic hydroxyl groups excluding tert-OH is 1. The van der Waals surface area contributed by atoms with Gasteiger partial charge in [-0.1, -0.05) is 152 Å². The number of hydrogen-bond donors (Lipinski definition) is 1. The summed E-state index contributed by atoms with van der Waals surface area (Å²) in [7, 11) is 0. The Hall–Kier alpha value is -3.08. The topological polar surface area (TPSA) is 47.9 Å². The highest BCUT2D eigenvalue weighted by molar-refractivity contribution is 6.05. The van der Waals surface area contributed by atoms with Crippen LogP contribution in [0.15, 0.2) is 78.9 Å². The third-order valence-electron chi connectivity index (χ3n) is 8.71. The van der Waals surface area contributed by atoms with Crippen molar-refractivity contribution >= 4 is 21.5 Å². The van der Waals surface area contributed by atoms with Crippen LogP contribution in [0.3, 0.4) is 0 Å². The van der Waals surface area contributed by atoms with Gasteiger partial charge in [0.2, 0.25) is 6.29 Å². The van der Waals surface area contributed by atoms with Gasteiger partial charge in [-0.25, -0.2) is 0 Å². The maximum atomic E-state index is 10.7. The highest BCUT2D eigenvalue weighted by Gasteiger charge is 2.18. The number of unbranched alkanes of at least 4 members (excludes halogenated alkanes) is 14. The molecule has 0 heterocycles. The fraction of sp³-hybridized carbons (Fsp3) is 0.512. The van der Waals surface area contributed by atoms with Crippen molar-refractivity contribution in [3.63, 3.8) is 0 Å². The molecule has 0 saturated carbocycles. The molecule has 4 heteroatoms. The predicted molar refractivity (Wildman–Crippen MR) is 189 cm³/mol. The molecular weight excluding hydrogens is 556 g/mol. The molecule has 4 aromatic carbocycles. The van der Waals surface area contributed by atoms with Gasteiger partial charge in [0.15, 0.2) is 6.29 Å². The van der Waals surface area contributed by atoms with Crippen LogP contribution in [0.25, 0.3) is 21.5 Å². The predicted octanol–water partition coefficient (Wildman–Crippen LogP) is 12.5. The average Bonchev–Trinajstić information content (AvgIpc) is 3.06. The van der Waals surface area contributed by atoms with Crippen molar-refractivity contribution in [3.05, 3.63) is 78.9 Å². The van der Waals surface area contributed by atoms with Gasteiger partial charge in [0.25, 0.3) is 0 Å². The van der Waals surface area contributed by atoms with Crippen LogP contribution in [0.2, 0.25) is 0 Å². The fourth-order valence-corrected chi connectivity index (χ4v) is 6.09. The second-order valence-corrected chi connectivity index (χ2v) is 12.5. The molecule has 0 amide bonds. The highest BCUT2D eigenvalue weighted by atomic mass is 16.7. The van der Waals surface area contributed by atoms with E-state index in [2.05, 4.69) is 31.2 Å². The summed E-state index contributed by atoms with van der Waals surface area (Å²) < 4.78 is 18.7. The molecule has 4 aromatic rings. The molecule has 0 saturated heterocycles. The quantitative estimate of drug-likeness (QED) is 0.0514. The first-order valence-electron chi connectivity index (χ1n) is 17.9. The summed E-state index contributed by atoms with van der Waals surface area (Å²) in [6.07, 6.45) is 19.8. The van der Waals surface area contributed by atoms with E-state index in [1.165, 1.54) is 83.5 Å². The lowest BCUT2D eigenvalue weighted by Gasteiger charge is -2.23. The molecule has 1 N–H and O–H groups in total. The number of fused-ring (bicyclic) bond motifs is 2. The van der Waals surface area contributed by atoms with Gasteiger partial charge in [-0.3, -0.25) is 0 Å². The lowest BCUT2D eigenvalue weighted by Crippen LogP contribution is -2.26. The van der Waals surface area contributed by atoms with E-state index in [9.17, 15) is 5.11 Å². The second kappa shape index (κ2) is 20.1. The maximum Gasteiger partial charge on any atom is 0.202 e. The van der Waals surface area contributed by atoms with E-state index in [1.807, 2.05) is 61.5 Å². The number of rotatable bonds is 23. The lowest BCUT2D eigenvalue weighted by atomic mass is 10.0. The van der Waals surface area contributed by atoms with Crippen LogP contribution < -0.4 is 9.47 Å². The molecule has 45 heavy (non-hydrogen) atoms. The Kier molecular flexibility index (Phi) is 15.6. The Labute approximate surface area is 272 Å². The molecule has 0 aliphatic rings. The van der Waals surface area contributed by atoms with Crippen molar-refractivity contribution in [2.75, 3.05) is 0 Å². The molecule has 244 valence electrons. The normalized spacial score (nSPS) is 12.9. The molecule has 0 bridgehead atoms. The minimum Gasteiger partial charge on any atom is -0.464 e. The van der Waals surface area contributed by atoms with Gasteiger partial charge in [0, 0.05) is 17.2 Å². The molecule has 4 rings (SSSR count). The molecule has 0 fully saturated rings. The van der Waals surface area contributed by atoms with Crippen LogP contribution in [0.5, 0.6) is 17.2 Å². The van der Waals surface area contributed by atoms with Gasteiger partial charge in [0.1, 0.15) is 17.2 Å². The van der Waals surface area contributed by atoms with E-state index in [4.69, 9.17) is 14.2 Å². The standard InChI is InChI=1S/C41H56O4/c1-3-5-6-7-8-9-10-11-12-13-14-15-16-17-21-28-39(42)44-40(4-2)45-41-37-27-23-22-24-33(37)31-34-29-30-36(32-38(34)41)43-35-25-19-18-20-26-35/h18-20,22-27,29-32,39-40,42H,3-17,21,28H2,1-2H3. The molecule has 4 nitrogen and oxygen atoms in total. The Morgan fingerprint density at radius 1 is 0.556 bits per heavy atom. The minimum atomic E-state index is -0.838. The van der Waals surface area contributed by atoms with Crippen LogP contribution in [-0.4, -0.2) is 17.7 Å². The van der Waals surface area contributed by atoms with Crippen molar-refractivity contribution in [1.82, 2.24) is 0 Å². The van der Waals surface area contributed by atoms with Crippen molar-refractivity contribution in [3.8, 4) is 17.2 Å². The summed E-state index contributed by atoms with van der Waals surface area (Å²) in [6.45, 7) is 4.31. The van der Waals surface area contributed by atoms with Gasteiger partial charge in [-0.05, 0) is 53.9 Å². The lowest BCUT2D eigenvalue weighted by molar-refractivity contribution is -0.198. The Balaban J connectivity index is 1.21. The van der Waals surface area contributed by atoms with E-state index in [-0.39, 0.29) is 0 Å². The molecule has 2 atom stereocenters. The number of para-hydroxylation sites is 1. The molecule has 0 radical (unpaired) electrons. The highest BCUT2D eigenvalue weighted by Crippen LogP contribution is 2.38. The Bertz CT molecular complexity index is 1370. The zero-order chi connectivity index (χ0) is 31.5. The van der Waals surface area contributed by atoms with E-state index in [1.54, 1.807) is 0 Å². The third-order valence-corrected chi connectivity index (χ3v) is 8.71. The summed E-state index contributed by atoms with van der Waals surface area (Å²) in [5.41, 5.74) is 0. The number of hydrogen-bond acceptors (Lipinski definition) is 4. The van der Waals surface area contributed by atoms with E-state index >= 15 is 0 Å². The smallest absolute Gasteiger partial charge is 0.202 e. The van der Waals surface area contributed by atoms with Crippen LogP contribution in [0, 0.1) is 0 Å². The number of aliphatic hydroxyl groups is 1. The molecule has 0 aliphatic heterocycles. The van der Waals surface area contributed by atoms with Crippen molar-refractivity contribution in [1.29, 1.82) is 0 Å². The first-order valence-corrected chi connectivity index (χ1v) is 17.9. The van der Waals surface area contributed by atoms with Gasteiger partial charge in [-0.15, -0.1) is 0 Å². The van der Waals surface area contributed by atoms with Gasteiger partial charge in [-0.2, -0.15) is 0 Å². The molecule has 0 aromatic heterocycles. The summed E-state index contributed by atoms with van der Waals surface area (Å²) in [4.78, 5) is 0. The average molecular weight is 613 g/mol. The second-order valence-electron chi connectivity index (χ2n) is 12.5. The maximum absolute atomic E-state index is 10.7. The number of ether oxygens (including phenoxy) is 3. The molecule has 2 unspecified atom stereocenters.